The Bertz CT molecular complexity index is 1140. The van der Waals surface area contributed by atoms with Crippen LogP contribution in [0.5, 0.6) is 5.75 Å². The van der Waals surface area contributed by atoms with Crippen molar-refractivity contribution < 1.29 is 14.3 Å². The highest BCUT2D eigenvalue weighted by molar-refractivity contribution is 9.10. The van der Waals surface area contributed by atoms with Gasteiger partial charge in [-0.05, 0) is 87.5 Å². The van der Waals surface area contributed by atoms with E-state index in [4.69, 9.17) is 16.3 Å². The maximum absolute atomic E-state index is 13.0. The lowest BCUT2D eigenvalue weighted by Gasteiger charge is -2.37. The number of benzene rings is 2. The van der Waals surface area contributed by atoms with Crippen LogP contribution < -0.4 is 4.74 Å². The number of hydrogen-bond donors (Lipinski definition) is 0. The van der Waals surface area contributed by atoms with Crippen LogP contribution in [0, 0.1) is 35.5 Å². The standard InChI is InChI=1S/C25H20BrClN2O3/c26-20-9-14(3-8-21(20)32-12-13-1-4-15(27)5-2-13)11-28-29-24(30)22-16-6-7-17(19-10-18(16)19)23(22)25(29)31/h1-9,11,16-19,22-23H,10,12H2/t16-,17-,18-,19+,22-,23+/m0/s1. The minimum absolute atomic E-state index is 0.150. The van der Waals surface area contributed by atoms with Crippen LogP contribution in [0.15, 0.2) is 64.2 Å². The van der Waals surface area contributed by atoms with Crippen molar-refractivity contribution in [2.24, 2.45) is 40.6 Å². The van der Waals surface area contributed by atoms with E-state index in [-0.39, 0.29) is 35.5 Å². The molecule has 1 aliphatic heterocycles. The summed E-state index contributed by atoms with van der Waals surface area (Å²) in [7, 11) is 0. The van der Waals surface area contributed by atoms with Gasteiger partial charge in [-0.3, -0.25) is 9.59 Å². The average molecular weight is 512 g/mol. The van der Waals surface area contributed by atoms with Crippen molar-refractivity contribution in [1.29, 1.82) is 0 Å². The average Bonchev–Trinajstić information content (AvgIpc) is 3.57. The largest absolute Gasteiger partial charge is 0.488 e. The summed E-state index contributed by atoms with van der Waals surface area (Å²) in [6.07, 6.45) is 7.05. The Labute approximate surface area is 199 Å². The summed E-state index contributed by atoms with van der Waals surface area (Å²) in [5.41, 5.74) is 1.79. The van der Waals surface area contributed by atoms with Crippen molar-refractivity contribution in [2.45, 2.75) is 13.0 Å². The molecule has 2 bridgehead atoms. The van der Waals surface area contributed by atoms with E-state index in [2.05, 4.69) is 33.2 Å². The van der Waals surface area contributed by atoms with Gasteiger partial charge in [0.1, 0.15) is 12.4 Å². The molecule has 4 aliphatic carbocycles. The molecule has 1 saturated heterocycles. The second-order valence-corrected chi connectivity index (χ2v) is 10.3. The number of nitrogens with zero attached hydrogens (tertiary/aromatic N) is 2. The number of carbonyl (C=O) groups excluding carboxylic acids is 2. The van der Waals surface area contributed by atoms with Crippen molar-refractivity contribution >= 4 is 45.6 Å². The third kappa shape index (κ3) is 3.23. The molecule has 0 unspecified atom stereocenters. The van der Waals surface area contributed by atoms with E-state index in [1.54, 1.807) is 6.21 Å². The van der Waals surface area contributed by atoms with Crippen LogP contribution in [0.3, 0.4) is 0 Å². The molecule has 162 valence electrons. The second kappa shape index (κ2) is 7.56. The summed E-state index contributed by atoms with van der Waals surface area (Å²) in [5, 5.41) is 6.09. The van der Waals surface area contributed by atoms with Crippen molar-refractivity contribution in [3.8, 4) is 5.75 Å². The molecular weight excluding hydrogens is 492 g/mol. The molecule has 6 atom stereocenters. The Hall–Kier alpha value is -2.44. The van der Waals surface area contributed by atoms with Gasteiger partial charge in [-0.15, -0.1) is 0 Å². The lowest BCUT2D eigenvalue weighted by molar-refractivity contribution is -0.140. The predicted octanol–water partition coefficient (Wildman–Crippen LogP) is 5.07. The molecule has 5 aliphatic rings. The molecule has 0 N–H and O–H groups in total. The van der Waals surface area contributed by atoms with Gasteiger partial charge < -0.3 is 4.74 Å². The van der Waals surface area contributed by atoms with Crippen LogP contribution in [-0.2, 0) is 16.2 Å². The molecule has 7 heteroatoms. The normalized spacial score (nSPS) is 31.9. The third-order valence-electron chi connectivity index (χ3n) is 7.23. The Morgan fingerprint density at radius 2 is 1.69 bits per heavy atom. The molecule has 0 spiro atoms. The zero-order valence-electron chi connectivity index (χ0n) is 17.0. The maximum Gasteiger partial charge on any atom is 0.254 e. The number of amides is 2. The first-order valence-corrected chi connectivity index (χ1v) is 12.0. The first kappa shape index (κ1) is 20.2. The molecule has 5 nitrogen and oxygen atoms in total. The SMILES string of the molecule is O=C1[C@@H]2[C@H]3C=C[C@@H]([C@@H]4C[C@H]34)[C@@H]2C(=O)N1N=Cc1ccc(OCc2ccc(Cl)cc2)c(Br)c1. The molecule has 1 heterocycles. The molecule has 0 radical (unpaired) electrons. The fourth-order valence-corrected chi connectivity index (χ4v) is 6.27. The van der Waals surface area contributed by atoms with Crippen molar-refractivity contribution in [1.82, 2.24) is 5.01 Å². The van der Waals surface area contributed by atoms with E-state index in [0.717, 1.165) is 27.0 Å². The number of ether oxygens (including phenoxy) is 1. The van der Waals surface area contributed by atoms with Crippen molar-refractivity contribution in [3.63, 3.8) is 0 Å². The van der Waals surface area contributed by atoms with E-state index in [1.807, 2.05) is 42.5 Å². The van der Waals surface area contributed by atoms with Gasteiger partial charge in [0.15, 0.2) is 0 Å². The number of imide groups is 1. The van der Waals surface area contributed by atoms with Crippen LogP contribution >= 0.6 is 27.5 Å². The first-order chi connectivity index (χ1) is 15.5. The van der Waals surface area contributed by atoms with Gasteiger partial charge in [-0.1, -0.05) is 35.9 Å². The molecule has 2 aromatic rings. The molecule has 0 aromatic heterocycles. The van der Waals surface area contributed by atoms with E-state index in [0.29, 0.717) is 29.2 Å². The molecular formula is C25H20BrClN2O3. The quantitative estimate of drug-likeness (QED) is 0.320. The van der Waals surface area contributed by atoms with Crippen LogP contribution in [0.4, 0.5) is 0 Å². The minimum Gasteiger partial charge on any atom is -0.488 e. The van der Waals surface area contributed by atoms with Gasteiger partial charge in [-0.25, -0.2) is 0 Å². The fraction of sp³-hybridized carbons (Fsp3) is 0.320. The summed E-state index contributed by atoms with van der Waals surface area (Å²) in [4.78, 5) is 26.0. The summed E-state index contributed by atoms with van der Waals surface area (Å²) in [6.45, 7) is 0.418. The zero-order valence-corrected chi connectivity index (χ0v) is 19.4. The van der Waals surface area contributed by atoms with Gasteiger partial charge >= 0.3 is 0 Å². The lowest BCUT2D eigenvalue weighted by atomic mass is 9.63. The number of rotatable bonds is 5. The van der Waals surface area contributed by atoms with Gasteiger partial charge in [0.2, 0.25) is 0 Å². The van der Waals surface area contributed by atoms with Crippen molar-refractivity contribution in [2.75, 3.05) is 0 Å². The Balaban J connectivity index is 1.15. The Morgan fingerprint density at radius 1 is 1.03 bits per heavy atom. The van der Waals surface area contributed by atoms with E-state index < -0.39 is 0 Å². The number of halogens is 2. The molecule has 7 rings (SSSR count). The van der Waals surface area contributed by atoms with E-state index in [1.165, 1.54) is 0 Å². The lowest BCUT2D eigenvalue weighted by Crippen LogP contribution is -2.40. The van der Waals surface area contributed by atoms with Gasteiger partial charge in [0.25, 0.3) is 11.8 Å². The van der Waals surface area contributed by atoms with Gasteiger partial charge in [-0.2, -0.15) is 10.1 Å². The smallest absolute Gasteiger partial charge is 0.254 e. The second-order valence-electron chi connectivity index (χ2n) is 8.99. The maximum atomic E-state index is 13.0. The number of hydrogen-bond acceptors (Lipinski definition) is 4. The molecule has 2 aromatic carbocycles. The van der Waals surface area contributed by atoms with Crippen LogP contribution in [0.1, 0.15) is 17.5 Å². The first-order valence-electron chi connectivity index (χ1n) is 10.8. The highest BCUT2D eigenvalue weighted by Gasteiger charge is 2.67. The molecule has 32 heavy (non-hydrogen) atoms. The number of carbonyl (C=O) groups is 2. The number of hydrazone groups is 1. The van der Waals surface area contributed by atoms with Crippen LogP contribution in [-0.4, -0.2) is 23.0 Å². The molecule has 2 saturated carbocycles. The topological polar surface area (TPSA) is 59.0 Å². The minimum atomic E-state index is -0.228. The Kier molecular flexibility index (Phi) is 4.77. The third-order valence-corrected chi connectivity index (χ3v) is 8.10. The molecule has 2 amide bonds. The zero-order chi connectivity index (χ0) is 22.0. The highest BCUT2D eigenvalue weighted by atomic mass is 79.9. The monoisotopic (exact) mass is 510 g/mol. The van der Waals surface area contributed by atoms with Crippen LogP contribution in [0.25, 0.3) is 0 Å². The Morgan fingerprint density at radius 3 is 2.31 bits per heavy atom. The number of allylic oxidation sites excluding steroid dienone is 2. The summed E-state index contributed by atoms with van der Waals surface area (Å²) in [5.74, 6) is 1.52. The summed E-state index contributed by atoms with van der Waals surface area (Å²) < 4.78 is 6.65. The summed E-state index contributed by atoms with van der Waals surface area (Å²) >= 11 is 9.45. The summed E-state index contributed by atoms with van der Waals surface area (Å²) in [6, 6.07) is 13.1. The van der Waals surface area contributed by atoms with Gasteiger partial charge in [0.05, 0.1) is 22.5 Å². The highest BCUT2D eigenvalue weighted by Crippen LogP contribution is 2.65. The van der Waals surface area contributed by atoms with Crippen LogP contribution in [0.2, 0.25) is 5.02 Å². The van der Waals surface area contributed by atoms with E-state index in [9.17, 15) is 9.59 Å². The van der Waals surface area contributed by atoms with Gasteiger partial charge in [0, 0.05) is 5.02 Å². The fourth-order valence-electron chi connectivity index (χ4n) is 5.64. The molecule has 3 fully saturated rings. The van der Waals surface area contributed by atoms with E-state index >= 15 is 0 Å². The predicted molar refractivity (Wildman–Crippen MR) is 124 cm³/mol. The van der Waals surface area contributed by atoms with Crippen molar-refractivity contribution in [3.05, 3.63) is 75.2 Å².